The fourth-order valence-electron chi connectivity index (χ4n) is 2.60. The van der Waals surface area contributed by atoms with E-state index in [-0.39, 0.29) is 10.6 Å². The highest BCUT2D eigenvalue weighted by atomic mass is 35.5. The normalized spacial score (nSPS) is 22.8. The minimum atomic E-state index is -0.198. The quantitative estimate of drug-likeness (QED) is 0.904. The van der Waals surface area contributed by atoms with Crippen LogP contribution in [0.5, 0.6) is 0 Å². The Hall–Kier alpha value is -0.680. The van der Waals surface area contributed by atoms with Gasteiger partial charge in [-0.05, 0) is 38.4 Å². The van der Waals surface area contributed by atoms with Crippen molar-refractivity contribution in [2.75, 3.05) is 11.6 Å². The zero-order valence-electron chi connectivity index (χ0n) is 12.1. The second-order valence-corrected chi connectivity index (χ2v) is 6.77. The summed E-state index contributed by atoms with van der Waals surface area (Å²) < 4.78 is 1.43. The lowest BCUT2D eigenvalue weighted by Gasteiger charge is -2.28. The lowest BCUT2D eigenvalue weighted by Crippen LogP contribution is -2.29. The summed E-state index contributed by atoms with van der Waals surface area (Å²) in [6.07, 6.45) is 9.41. The molecule has 20 heavy (non-hydrogen) atoms. The Kier molecular flexibility index (Phi) is 5.78. The fourth-order valence-corrected chi connectivity index (χ4v) is 3.54. The Balaban J connectivity index is 2.03. The monoisotopic (exact) mass is 315 g/mol. The van der Waals surface area contributed by atoms with Gasteiger partial charge in [0.1, 0.15) is 5.02 Å². The van der Waals surface area contributed by atoms with Crippen LogP contribution in [0.4, 0.5) is 5.69 Å². The molecule has 1 saturated carbocycles. The molecule has 1 heterocycles. The average Bonchev–Trinajstić information content (AvgIpc) is 2.48. The molecule has 1 aliphatic rings. The van der Waals surface area contributed by atoms with E-state index in [4.69, 9.17) is 11.6 Å². The Bertz CT molecular complexity index is 498. The third kappa shape index (κ3) is 3.70. The number of hydrogen-bond donors (Lipinski definition) is 1. The third-order valence-electron chi connectivity index (χ3n) is 3.79. The summed E-state index contributed by atoms with van der Waals surface area (Å²) in [5.41, 5.74) is 0.480. The zero-order chi connectivity index (χ0) is 14.5. The molecule has 0 saturated heterocycles. The number of halogens is 1. The number of hydrogen-bond acceptors (Lipinski definition) is 4. The smallest absolute Gasteiger partial charge is 0.287 e. The number of thioether (sulfide) groups is 1. The maximum atomic E-state index is 12.0. The number of nitrogens with one attached hydrogen (secondary N) is 1. The number of aromatic nitrogens is 2. The summed E-state index contributed by atoms with van der Waals surface area (Å²) in [6, 6.07) is 0.402. The van der Waals surface area contributed by atoms with Crippen LogP contribution in [0.15, 0.2) is 11.0 Å². The molecule has 0 spiro atoms. The van der Waals surface area contributed by atoms with Crippen molar-refractivity contribution in [3.05, 3.63) is 21.6 Å². The first kappa shape index (κ1) is 15.7. The van der Waals surface area contributed by atoms with Crippen LogP contribution < -0.4 is 10.9 Å². The summed E-state index contributed by atoms with van der Waals surface area (Å²) in [7, 11) is 0. The zero-order valence-corrected chi connectivity index (χ0v) is 13.6. The number of aryl methyl sites for hydroxylation is 1. The minimum absolute atomic E-state index is 0.198. The Morgan fingerprint density at radius 3 is 2.75 bits per heavy atom. The number of nitrogens with zero attached hydrogens (tertiary/aromatic N) is 2. The van der Waals surface area contributed by atoms with Crippen molar-refractivity contribution in [3.8, 4) is 0 Å². The van der Waals surface area contributed by atoms with Gasteiger partial charge in [-0.1, -0.05) is 18.5 Å². The van der Waals surface area contributed by atoms with E-state index in [2.05, 4.69) is 16.7 Å². The Labute approximate surface area is 129 Å². The summed E-state index contributed by atoms with van der Waals surface area (Å²) in [5.74, 6) is 0. The molecule has 0 bridgehead atoms. The van der Waals surface area contributed by atoms with Crippen LogP contribution in [-0.2, 0) is 6.54 Å². The van der Waals surface area contributed by atoms with Gasteiger partial charge in [-0.2, -0.15) is 16.9 Å². The van der Waals surface area contributed by atoms with Crippen molar-refractivity contribution >= 4 is 29.1 Å². The van der Waals surface area contributed by atoms with Gasteiger partial charge >= 0.3 is 0 Å². The first-order valence-corrected chi connectivity index (χ1v) is 8.87. The largest absolute Gasteiger partial charge is 0.380 e. The molecular formula is C14H22ClN3OS. The van der Waals surface area contributed by atoms with Crippen LogP contribution in [0.2, 0.25) is 5.02 Å². The molecule has 1 aliphatic carbocycles. The van der Waals surface area contributed by atoms with E-state index in [1.54, 1.807) is 6.20 Å². The molecule has 0 radical (unpaired) electrons. The molecule has 0 aliphatic heterocycles. The molecule has 2 rings (SSSR count). The van der Waals surface area contributed by atoms with Gasteiger partial charge in [-0.15, -0.1) is 0 Å². The van der Waals surface area contributed by atoms with Gasteiger partial charge in [-0.3, -0.25) is 4.79 Å². The van der Waals surface area contributed by atoms with Crippen LogP contribution in [-0.4, -0.2) is 27.3 Å². The van der Waals surface area contributed by atoms with Crippen molar-refractivity contribution in [3.63, 3.8) is 0 Å². The standard InChI is InChI=1S/C14H22ClN3OS/c1-3-8-18-14(19)13(15)12(9-16-18)17-10-4-6-11(20-2)7-5-10/h9-11,17H,3-8H2,1-2H3. The van der Waals surface area contributed by atoms with Crippen molar-refractivity contribution in [1.82, 2.24) is 9.78 Å². The second kappa shape index (κ2) is 7.36. The molecule has 1 N–H and O–H groups in total. The maximum Gasteiger partial charge on any atom is 0.287 e. The maximum absolute atomic E-state index is 12.0. The van der Waals surface area contributed by atoms with E-state index in [1.807, 2.05) is 18.7 Å². The predicted molar refractivity (Wildman–Crippen MR) is 87.0 cm³/mol. The topological polar surface area (TPSA) is 46.9 Å². The second-order valence-electron chi connectivity index (χ2n) is 5.25. The van der Waals surface area contributed by atoms with E-state index in [0.717, 1.165) is 24.5 Å². The summed E-state index contributed by atoms with van der Waals surface area (Å²) in [4.78, 5) is 12.0. The van der Waals surface area contributed by atoms with Gasteiger partial charge in [0.15, 0.2) is 0 Å². The molecule has 0 unspecified atom stereocenters. The van der Waals surface area contributed by atoms with Crippen LogP contribution >= 0.6 is 23.4 Å². The number of anilines is 1. The van der Waals surface area contributed by atoms with Gasteiger partial charge in [0, 0.05) is 17.8 Å². The van der Waals surface area contributed by atoms with Gasteiger partial charge in [0.25, 0.3) is 5.56 Å². The molecule has 1 aromatic heterocycles. The van der Waals surface area contributed by atoms with Crippen LogP contribution in [0.3, 0.4) is 0 Å². The van der Waals surface area contributed by atoms with Gasteiger partial charge in [0.05, 0.1) is 11.9 Å². The highest BCUT2D eigenvalue weighted by molar-refractivity contribution is 7.99. The van der Waals surface area contributed by atoms with E-state index in [1.165, 1.54) is 17.5 Å². The SMILES string of the molecule is CCCn1ncc(NC2CCC(SC)CC2)c(Cl)c1=O. The molecule has 112 valence electrons. The summed E-state index contributed by atoms with van der Waals surface area (Å²) >= 11 is 8.12. The first-order chi connectivity index (χ1) is 9.65. The molecule has 1 fully saturated rings. The van der Waals surface area contributed by atoms with Crippen LogP contribution in [0, 0.1) is 0 Å². The lowest BCUT2D eigenvalue weighted by atomic mass is 9.95. The summed E-state index contributed by atoms with van der Waals surface area (Å²) in [6.45, 7) is 2.62. The molecule has 1 aromatic rings. The van der Waals surface area contributed by atoms with Gasteiger partial charge < -0.3 is 5.32 Å². The van der Waals surface area contributed by atoms with Gasteiger partial charge in [0.2, 0.25) is 0 Å². The average molecular weight is 316 g/mol. The van der Waals surface area contributed by atoms with Crippen LogP contribution in [0.1, 0.15) is 39.0 Å². The van der Waals surface area contributed by atoms with Crippen LogP contribution in [0.25, 0.3) is 0 Å². The molecule has 0 aromatic carbocycles. The highest BCUT2D eigenvalue weighted by Crippen LogP contribution is 2.29. The molecule has 0 amide bonds. The molecular weight excluding hydrogens is 294 g/mol. The molecule has 6 heteroatoms. The summed E-state index contributed by atoms with van der Waals surface area (Å²) in [5, 5.41) is 8.61. The Morgan fingerprint density at radius 2 is 2.15 bits per heavy atom. The first-order valence-electron chi connectivity index (χ1n) is 7.20. The molecule has 4 nitrogen and oxygen atoms in total. The lowest BCUT2D eigenvalue weighted by molar-refractivity contribution is 0.472. The van der Waals surface area contributed by atoms with E-state index in [0.29, 0.717) is 18.3 Å². The third-order valence-corrected chi connectivity index (χ3v) is 5.29. The van der Waals surface area contributed by atoms with Gasteiger partial charge in [-0.25, -0.2) is 4.68 Å². The minimum Gasteiger partial charge on any atom is -0.380 e. The van der Waals surface area contributed by atoms with Crippen molar-refractivity contribution in [2.24, 2.45) is 0 Å². The fraction of sp³-hybridized carbons (Fsp3) is 0.714. The van der Waals surface area contributed by atoms with E-state index in [9.17, 15) is 4.79 Å². The molecule has 0 atom stereocenters. The van der Waals surface area contributed by atoms with E-state index < -0.39 is 0 Å². The van der Waals surface area contributed by atoms with Crippen molar-refractivity contribution in [2.45, 2.75) is 56.9 Å². The predicted octanol–water partition coefficient (Wildman–Crippen LogP) is 3.39. The Morgan fingerprint density at radius 1 is 1.45 bits per heavy atom. The highest BCUT2D eigenvalue weighted by Gasteiger charge is 2.21. The van der Waals surface area contributed by atoms with E-state index >= 15 is 0 Å². The van der Waals surface area contributed by atoms with Crippen molar-refractivity contribution in [1.29, 1.82) is 0 Å². The van der Waals surface area contributed by atoms with Crippen molar-refractivity contribution < 1.29 is 0 Å². The number of rotatable bonds is 5.